The molecule has 0 saturated carbocycles. The van der Waals surface area contributed by atoms with Crippen LogP contribution in [0.25, 0.3) is 11.3 Å². The summed E-state index contributed by atoms with van der Waals surface area (Å²) in [4.78, 5) is 33.3. The van der Waals surface area contributed by atoms with E-state index < -0.39 is 24.1 Å². The monoisotopic (exact) mass is 446 g/mol. The maximum absolute atomic E-state index is 12.9. The summed E-state index contributed by atoms with van der Waals surface area (Å²) in [5.74, 6) is -0.444. The van der Waals surface area contributed by atoms with Gasteiger partial charge in [-0.1, -0.05) is 18.2 Å². The van der Waals surface area contributed by atoms with Crippen molar-refractivity contribution in [3.8, 4) is 11.3 Å². The highest BCUT2D eigenvalue weighted by atomic mass is 19.4. The van der Waals surface area contributed by atoms with Gasteiger partial charge in [0.1, 0.15) is 11.5 Å². The van der Waals surface area contributed by atoms with E-state index in [1.807, 2.05) is 0 Å². The number of hydrogen-bond acceptors (Lipinski definition) is 6. The lowest BCUT2D eigenvalue weighted by molar-refractivity contribution is -0.135. The molecular formula is C22H21F3N4O3. The van der Waals surface area contributed by atoms with Gasteiger partial charge in [0, 0.05) is 30.2 Å². The first-order valence-corrected chi connectivity index (χ1v) is 9.74. The topological polar surface area (TPSA) is 100 Å². The number of carbonyl (C=O) groups excluding carboxylic acids is 1. The fraction of sp³-hybridized carbons (Fsp3) is 0.273. The van der Waals surface area contributed by atoms with Crippen molar-refractivity contribution >= 4 is 11.7 Å². The fourth-order valence-electron chi connectivity index (χ4n) is 3.11. The third kappa shape index (κ3) is 5.93. The summed E-state index contributed by atoms with van der Waals surface area (Å²) in [5.41, 5.74) is 7.16. The van der Waals surface area contributed by atoms with Crippen LogP contribution in [0.1, 0.15) is 34.8 Å². The molecule has 0 fully saturated rings. The lowest BCUT2D eigenvalue weighted by atomic mass is 10.1. The van der Waals surface area contributed by atoms with Gasteiger partial charge >= 0.3 is 12.1 Å². The average molecular weight is 446 g/mol. The first kappa shape index (κ1) is 23.0. The molecule has 2 aromatic heterocycles. The van der Waals surface area contributed by atoms with E-state index in [0.717, 1.165) is 0 Å². The van der Waals surface area contributed by atoms with E-state index in [1.165, 1.54) is 23.8 Å². The van der Waals surface area contributed by atoms with Gasteiger partial charge in [-0.15, -0.1) is 0 Å². The molecule has 0 aliphatic rings. The number of esters is 1. The van der Waals surface area contributed by atoms with Gasteiger partial charge in [0.15, 0.2) is 0 Å². The minimum absolute atomic E-state index is 0.0555. The number of halogens is 3. The van der Waals surface area contributed by atoms with Gasteiger partial charge in [0.25, 0.3) is 5.56 Å². The van der Waals surface area contributed by atoms with Crippen molar-refractivity contribution in [2.24, 2.45) is 0 Å². The zero-order chi connectivity index (χ0) is 23.3. The second kappa shape index (κ2) is 9.63. The first-order chi connectivity index (χ1) is 15.2. The van der Waals surface area contributed by atoms with E-state index >= 15 is 0 Å². The largest absolute Gasteiger partial charge is 0.464 e. The number of benzene rings is 1. The third-order valence-electron chi connectivity index (χ3n) is 4.68. The number of methoxy groups -OCH3 is 1. The van der Waals surface area contributed by atoms with Crippen molar-refractivity contribution in [1.82, 2.24) is 14.5 Å². The Bertz CT molecular complexity index is 1160. The van der Waals surface area contributed by atoms with E-state index in [1.54, 1.807) is 36.4 Å². The predicted octanol–water partition coefficient (Wildman–Crippen LogP) is 3.61. The van der Waals surface area contributed by atoms with E-state index in [2.05, 4.69) is 14.7 Å². The van der Waals surface area contributed by atoms with E-state index in [0.29, 0.717) is 22.6 Å². The molecule has 3 aromatic rings. The Labute approximate surface area is 181 Å². The standard InChI is InChI=1S/C22H21F3N4O3/c1-32-21(31)17-5-2-4-16(27-17)13-29-19(6-3-11-22(23,24)25)28-18(12-20(29)30)14-7-9-15(26)10-8-14/h2,4-5,7-10,12H,3,6,11,13,26H2,1H3. The molecule has 1 aromatic carbocycles. The fourth-order valence-corrected chi connectivity index (χ4v) is 3.11. The molecule has 0 atom stereocenters. The van der Waals surface area contributed by atoms with Crippen molar-refractivity contribution in [2.75, 3.05) is 12.8 Å². The molecular weight excluding hydrogens is 425 g/mol. The normalized spacial score (nSPS) is 11.4. The summed E-state index contributed by atoms with van der Waals surface area (Å²) in [5, 5.41) is 0. The number of nitrogens with zero attached hydrogens (tertiary/aromatic N) is 3. The van der Waals surface area contributed by atoms with Crippen molar-refractivity contribution < 1.29 is 22.7 Å². The predicted molar refractivity (Wildman–Crippen MR) is 112 cm³/mol. The van der Waals surface area contributed by atoms with E-state index in [-0.39, 0.29) is 30.9 Å². The molecule has 0 amide bonds. The highest BCUT2D eigenvalue weighted by Crippen LogP contribution is 2.23. The molecule has 0 spiro atoms. The molecule has 0 aliphatic heterocycles. The molecule has 10 heteroatoms. The smallest absolute Gasteiger partial charge is 0.389 e. The van der Waals surface area contributed by atoms with Crippen molar-refractivity contribution in [2.45, 2.75) is 32.0 Å². The zero-order valence-electron chi connectivity index (χ0n) is 17.2. The minimum Gasteiger partial charge on any atom is -0.464 e. The summed E-state index contributed by atoms with van der Waals surface area (Å²) in [6, 6.07) is 12.6. The lowest BCUT2D eigenvalue weighted by Crippen LogP contribution is -2.26. The Hall–Kier alpha value is -3.69. The highest BCUT2D eigenvalue weighted by molar-refractivity contribution is 5.87. The van der Waals surface area contributed by atoms with Crippen LogP contribution < -0.4 is 11.3 Å². The van der Waals surface area contributed by atoms with Crippen LogP contribution in [-0.2, 0) is 17.7 Å². The van der Waals surface area contributed by atoms with Crippen LogP contribution in [0.5, 0.6) is 0 Å². The van der Waals surface area contributed by atoms with E-state index in [9.17, 15) is 22.8 Å². The van der Waals surface area contributed by atoms with Crippen LogP contribution in [-0.4, -0.2) is 33.8 Å². The van der Waals surface area contributed by atoms with Gasteiger partial charge < -0.3 is 10.5 Å². The number of ether oxygens (including phenoxy) is 1. The number of aryl methyl sites for hydroxylation is 1. The zero-order valence-corrected chi connectivity index (χ0v) is 17.2. The van der Waals surface area contributed by atoms with Crippen LogP contribution in [0, 0.1) is 0 Å². The molecule has 2 heterocycles. The molecule has 2 N–H and O–H groups in total. The second-order valence-electron chi connectivity index (χ2n) is 7.08. The van der Waals surface area contributed by atoms with Crippen LogP contribution in [0.2, 0.25) is 0 Å². The Kier molecular flexibility index (Phi) is 6.92. The van der Waals surface area contributed by atoms with Gasteiger partial charge in [-0.05, 0) is 30.7 Å². The van der Waals surface area contributed by atoms with Gasteiger partial charge in [0.2, 0.25) is 0 Å². The SMILES string of the molecule is COC(=O)c1cccc(Cn2c(CCCC(F)(F)F)nc(-c3ccc(N)cc3)cc2=O)n1. The number of hydrogen-bond donors (Lipinski definition) is 1. The van der Waals surface area contributed by atoms with Crippen molar-refractivity contribution in [1.29, 1.82) is 0 Å². The van der Waals surface area contributed by atoms with Gasteiger partial charge in [-0.25, -0.2) is 14.8 Å². The van der Waals surface area contributed by atoms with Crippen LogP contribution in [0.15, 0.2) is 53.3 Å². The number of alkyl halides is 3. The Balaban J connectivity index is 1.99. The van der Waals surface area contributed by atoms with Gasteiger partial charge in [0.05, 0.1) is 25.0 Å². The third-order valence-corrected chi connectivity index (χ3v) is 4.68. The Morgan fingerprint density at radius 3 is 2.50 bits per heavy atom. The number of nitrogens with two attached hydrogens (primary N) is 1. The maximum atomic E-state index is 12.9. The number of aromatic nitrogens is 3. The van der Waals surface area contributed by atoms with Crippen LogP contribution >= 0.6 is 0 Å². The number of nitrogen functional groups attached to an aromatic ring is 1. The first-order valence-electron chi connectivity index (χ1n) is 9.74. The average Bonchev–Trinajstić information content (AvgIpc) is 2.75. The molecule has 0 saturated heterocycles. The highest BCUT2D eigenvalue weighted by Gasteiger charge is 2.26. The van der Waals surface area contributed by atoms with E-state index in [4.69, 9.17) is 5.73 Å². The summed E-state index contributed by atoms with van der Waals surface area (Å²) in [6.07, 6.45) is -5.59. The minimum atomic E-state index is -4.31. The van der Waals surface area contributed by atoms with Crippen LogP contribution in [0.3, 0.4) is 0 Å². The number of anilines is 1. The molecule has 0 radical (unpaired) electrons. The number of pyridine rings is 1. The lowest BCUT2D eigenvalue weighted by Gasteiger charge is -2.14. The van der Waals surface area contributed by atoms with Gasteiger partial charge in [-0.2, -0.15) is 13.2 Å². The second-order valence-corrected chi connectivity index (χ2v) is 7.08. The quantitative estimate of drug-likeness (QED) is 0.440. The number of carbonyl (C=O) groups is 1. The summed E-state index contributed by atoms with van der Waals surface area (Å²) < 4.78 is 43.9. The molecule has 168 valence electrons. The maximum Gasteiger partial charge on any atom is 0.389 e. The number of rotatable bonds is 7. The van der Waals surface area contributed by atoms with Crippen molar-refractivity contribution in [3.63, 3.8) is 0 Å². The summed E-state index contributed by atoms with van der Waals surface area (Å²) >= 11 is 0. The molecule has 3 rings (SSSR count). The Morgan fingerprint density at radius 1 is 1.12 bits per heavy atom. The molecule has 0 unspecified atom stereocenters. The van der Waals surface area contributed by atoms with Crippen LogP contribution in [0.4, 0.5) is 18.9 Å². The molecule has 7 nitrogen and oxygen atoms in total. The molecule has 32 heavy (non-hydrogen) atoms. The molecule has 0 bridgehead atoms. The van der Waals surface area contributed by atoms with Crippen molar-refractivity contribution in [3.05, 3.63) is 76.1 Å². The summed E-state index contributed by atoms with van der Waals surface area (Å²) in [7, 11) is 1.22. The Morgan fingerprint density at radius 2 is 1.84 bits per heavy atom. The van der Waals surface area contributed by atoms with Gasteiger partial charge in [-0.3, -0.25) is 9.36 Å². The summed E-state index contributed by atoms with van der Waals surface area (Å²) in [6.45, 7) is -0.0555. The molecule has 0 aliphatic carbocycles.